The lowest BCUT2D eigenvalue weighted by molar-refractivity contribution is -0.128. The van der Waals surface area contributed by atoms with Gasteiger partial charge in [0, 0.05) is 60.5 Å². The van der Waals surface area contributed by atoms with Gasteiger partial charge in [-0.3, -0.25) is 9.59 Å². The molecule has 1 aromatic heterocycles. The van der Waals surface area contributed by atoms with Gasteiger partial charge in [0.2, 0.25) is 11.8 Å². The summed E-state index contributed by atoms with van der Waals surface area (Å²) in [5.74, 6) is 0.0179. The Morgan fingerprint density at radius 3 is 2.72 bits per heavy atom. The number of amides is 2. The molecule has 4 rings (SSSR count). The first-order valence-electron chi connectivity index (χ1n) is 9.98. The van der Waals surface area contributed by atoms with E-state index >= 15 is 0 Å². The maximum Gasteiger partial charge on any atom is 0.222 e. The molecule has 6 heteroatoms. The monoisotopic (exact) mass is 409 g/mol. The number of nitrogens with one attached hydrogen (secondary N) is 2. The van der Waals surface area contributed by atoms with Crippen LogP contribution in [0.1, 0.15) is 36.3 Å². The van der Waals surface area contributed by atoms with E-state index in [1.807, 2.05) is 48.7 Å². The molecule has 5 nitrogen and oxygen atoms in total. The number of para-hydroxylation sites is 1. The van der Waals surface area contributed by atoms with Crippen LogP contribution in [0.2, 0.25) is 5.02 Å². The lowest BCUT2D eigenvalue weighted by Crippen LogP contribution is -2.33. The van der Waals surface area contributed by atoms with E-state index in [2.05, 4.69) is 16.4 Å². The van der Waals surface area contributed by atoms with Crippen molar-refractivity contribution in [1.29, 1.82) is 0 Å². The summed E-state index contributed by atoms with van der Waals surface area (Å²) in [6.45, 7) is 1.68. The molecule has 1 unspecified atom stereocenters. The molecule has 1 aliphatic rings. The maximum absolute atomic E-state index is 12.5. The molecule has 0 radical (unpaired) electrons. The number of benzene rings is 2. The summed E-state index contributed by atoms with van der Waals surface area (Å²) in [5.41, 5.74) is 3.14. The number of carbonyl (C=O) groups excluding carboxylic acids is 2. The van der Waals surface area contributed by atoms with Gasteiger partial charge in [0.05, 0.1) is 0 Å². The summed E-state index contributed by atoms with van der Waals surface area (Å²) in [6.07, 6.45) is 3.79. The van der Waals surface area contributed by atoms with Gasteiger partial charge in [0.1, 0.15) is 0 Å². The van der Waals surface area contributed by atoms with Crippen LogP contribution in [0, 0.1) is 0 Å². The maximum atomic E-state index is 12.5. The number of hydrogen-bond donors (Lipinski definition) is 2. The van der Waals surface area contributed by atoms with Crippen LogP contribution in [0.5, 0.6) is 0 Å². The van der Waals surface area contributed by atoms with Crippen molar-refractivity contribution in [1.82, 2.24) is 15.2 Å². The molecule has 0 aliphatic carbocycles. The fourth-order valence-electron chi connectivity index (χ4n) is 4.01. The van der Waals surface area contributed by atoms with Crippen molar-refractivity contribution in [2.24, 2.45) is 0 Å². The predicted octanol–water partition coefficient (Wildman–Crippen LogP) is 4.08. The minimum Gasteiger partial charge on any atom is -0.361 e. The summed E-state index contributed by atoms with van der Waals surface area (Å²) >= 11 is 6.50. The second-order valence-corrected chi connectivity index (χ2v) is 7.81. The highest BCUT2D eigenvalue weighted by Gasteiger charge is 2.23. The van der Waals surface area contributed by atoms with Crippen molar-refractivity contribution < 1.29 is 9.59 Å². The number of hydrogen-bond acceptors (Lipinski definition) is 2. The highest BCUT2D eigenvalue weighted by atomic mass is 35.5. The average molecular weight is 410 g/mol. The van der Waals surface area contributed by atoms with Crippen molar-refractivity contribution in [2.45, 2.75) is 25.2 Å². The van der Waals surface area contributed by atoms with Gasteiger partial charge in [0.15, 0.2) is 0 Å². The first-order chi connectivity index (χ1) is 14.1. The lowest BCUT2D eigenvalue weighted by atomic mass is 9.90. The fraction of sp³-hybridized carbons (Fsp3) is 0.304. The van der Waals surface area contributed by atoms with Crippen molar-refractivity contribution >= 4 is 34.3 Å². The van der Waals surface area contributed by atoms with Gasteiger partial charge in [-0.15, -0.1) is 0 Å². The summed E-state index contributed by atoms with van der Waals surface area (Å²) in [5, 5.41) is 4.85. The van der Waals surface area contributed by atoms with Crippen LogP contribution < -0.4 is 5.32 Å². The van der Waals surface area contributed by atoms with Gasteiger partial charge in [-0.1, -0.05) is 48.0 Å². The van der Waals surface area contributed by atoms with Crippen LogP contribution in [0.15, 0.2) is 54.7 Å². The molecule has 2 aromatic carbocycles. The second kappa shape index (κ2) is 8.70. The Morgan fingerprint density at radius 2 is 1.93 bits per heavy atom. The number of halogens is 1. The van der Waals surface area contributed by atoms with Crippen molar-refractivity contribution in [3.8, 4) is 0 Å². The molecule has 150 valence electrons. The van der Waals surface area contributed by atoms with E-state index in [0.29, 0.717) is 31.0 Å². The highest BCUT2D eigenvalue weighted by Crippen LogP contribution is 2.34. The molecule has 1 saturated heterocycles. The molecule has 0 spiro atoms. The number of aromatic nitrogens is 1. The number of aromatic amines is 1. The number of rotatable bonds is 7. The second-order valence-electron chi connectivity index (χ2n) is 7.40. The van der Waals surface area contributed by atoms with E-state index in [9.17, 15) is 9.59 Å². The minimum absolute atomic E-state index is 0.0541. The summed E-state index contributed by atoms with van der Waals surface area (Å²) < 4.78 is 0. The van der Waals surface area contributed by atoms with Crippen LogP contribution in [0.25, 0.3) is 10.9 Å². The zero-order valence-electron chi connectivity index (χ0n) is 16.2. The third kappa shape index (κ3) is 4.30. The Hall–Kier alpha value is -2.79. The van der Waals surface area contributed by atoms with Gasteiger partial charge < -0.3 is 15.2 Å². The van der Waals surface area contributed by atoms with Crippen LogP contribution >= 0.6 is 11.6 Å². The standard InChI is InChI=1S/C23H24ClN3O2/c24-20-8-3-1-6-16(20)18(19-14-25-21-9-4-2-7-17(19)21)15-26-22(28)11-13-27-12-5-10-23(27)29/h1-4,6-9,14,18,25H,5,10-13,15H2,(H,26,28). The van der Waals surface area contributed by atoms with E-state index < -0.39 is 0 Å². The Kier molecular flexibility index (Phi) is 5.86. The fourth-order valence-corrected chi connectivity index (χ4v) is 4.28. The number of likely N-dealkylation sites (tertiary alicyclic amines) is 1. The first-order valence-corrected chi connectivity index (χ1v) is 10.4. The molecule has 2 amide bonds. The molecule has 0 bridgehead atoms. The molecule has 29 heavy (non-hydrogen) atoms. The third-order valence-electron chi connectivity index (χ3n) is 5.56. The average Bonchev–Trinajstić information content (AvgIpc) is 3.34. The van der Waals surface area contributed by atoms with Gasteiger partial charge in [0.25, 0.3) is 0 Å². The largest absolute Gasteiger partial charge is 0.361 e. The number of fused-ring (bicyclic) bond motifs is 1. The highest BCUT2D eigenvalue weighted by molar-refractivity contribution is 6.31. The normalized spacial score (nSPS) is 15.1. The Morgan fingerprint density at radius 1 is 1.14 bits per heavy atom. The van der Waals surface area contributed by atoms with Gasteiger partial charge in [-0.25, -0.2) is 0 Å². The summed E-state index contributed by atoms with van der Waals surface area (Å²) in [4.78, 5) is 29.3. The molecular weight excluding hydrogens is 386 g/mol. The Labute approximate surface area is 175 Å². The zero-order chi connectivity index (χ0) is 20.2. The molecule has 2 N–H and O–H groups in total. The van der Waals surface area contributed by atoms with E-state index in [-0.39, 0.29) is 17.7 Å². The van der Waals surface area contributed by atoms with E-state index in [1.54, 1.807) is 4.90 Å². The van der Waals surface area contributed by atoms with Crippen molar-refractivity contribution in [2.75, 3.05) is 19.6 Å². The third-order valence-corrected chi connectivity index (χ3v) is 5.91. The first kappa shape index (κ1) is 19.5. The van der Waals surface area contributed by atoms with Crippen molar-refractivity contribution in [3.05, 3.63) is 70.9 Å². The minimum atomic E-state index is -0.0720. The van der Waals surface area contributed by atoms with E-state index in [4.69, 9.17) is 11.6 Å². The van der Waals surface area contributed by atoms with Gasteiger partial charge in [-0.05, 0) is 29.7 Å². The van der Waals surface area contributed by atoms with Crippen LogP contribution in [0.4, 0.5) is 0 Å². The molecule has 1 aliphatic heterocycles. The smallest absolute Gasteiger partial charge is 0.222 e. The zero-order valence-corrected chi connectivity index (χ0v) is 16.9. The Bertz CT molecular complexity index is 1030. The number of H-pyrrole nitrogens is 1. The predicted molar refractivity (Wildman–Crippen MR) is 115 cm³/mol. The van der Waals surface area contributed by atoms with Crippen LogP contribution in [0.3, 0.4) is 0 Å². The molecule has 1 fully saturated rings. The molecular formula is C23H24ClN3O2. The summed E-state index contributed by atoms with van der Waals surface area (Å²) in [6, 6.07) is 15.9. The van der Waals surface area contributed by atoms with Crippen molar-refractivity contribution in [3.63, 3.8) is 0 Å². The molecule has 1 atom stereocenters. The molecule has 2 heterocycles. The van der Waals surface area contributed by atoms with E-state index in [1.165, 1.54) is 0 Å². The Balaban J connectivity index is 1.51. The molecule has 0 saturated carbocycles. The number of carbonyl (C=O) groups is 2. The SMILES string of the molecule is O=C(CCN1CCCC1=O)NCC(c1ccccc1Cl)c1c[nH]c2ccccc12. The summed E-state index contributed by atoms with van der Waals surface area (Å²) in [7, 11) is 0. The van der Waals surface area contributed by atoms with E-state index in [0.717, 1.165) is 35.0 Å². The van der Waals surface area contributed by atoms with Crippen LogP contribution in [-0.2, 0) is 9.59 Å². The van der Waals surface area contributed by atoms with Crippen LogP contribution in [-0.4, -0.2) is 41.3 Å². The van der Waals surface area contributed by atoms with Gasteiger partial charge in [-0.2, -0.15) is 0 Å². The topological polar surface area (TPSA) is 65.2 Å². The molecule has 3 aromatic rings. The number of nitrogens with zero attached hydrogens (tertiary/aromatic N) is 1. The van der Waals surface area contributed by atoms with Gasteiger partial charge >= 0.3 is 0 Å². The quantitative estimate of drug-likeness (QED) is 0.617. The lowest BCUT2D eigenvalue weighted by Gasteiger charge is -2.20.